The van der Waals surface area contributed by atoms with E-state index in [0.717, 1.165) is 5.56 Å². The minimum absolute atomic E-state index is 0.0418. The Kier molecular flexibility index (Phi) is 4.63. The molecule has 0 spiro atoms. The van der Waals surface area contributed by atoms with Crippen molar-refractivity contribution in [2.75, 3.05) is 0 Å². The Balaban J connectivity index is 2.66. The second kappa shape index (κ2) is 5.77. The molecule has 2 atom stereocenters. The summed E-state index contributed by atoms with van der Waals surface area (Å²) in [6.07, 6.45) is 0. The number of carbonyl (C=O) groups is 1. The Morgan fingerprint density at radius 1 is 1.29 bits per heavy atom. The van der Waals surface area contributed by atoms with Crippen LogP contribution in [0.4, 0.5) is 0 Å². The monoisotopic (exact) mass is 250 g/mol. The molecule has 3 nitrogen and oxygen atoms in total. The van der Waals surface area contributed by atoms with Gasteiger partial charge in [0.1, 0.15) is 0 Å². The van der Waals surface area contributed by atoms with Gasteiger partial charge in [-0.2, -0.15) is 0 Å². The van der Waals surface area contributed by atoms with Gasteiger partial charge in [0, 0.05) is 0 Å². The highest BCUT2D eigenvalue weighted by Crippen LogP contribution is 2.13. The summed E-state index contributed by atoms with van der Waals surface area (Å²) in [4.78, 5) is 12.0. The fourth-order valence-corrected chi connectivity index (χ4v) is 1.51. The van der Waals surface area contributed by atoms with Crippen LogP contribution in [0.15, 0.2) is 24.3 Å². The minimum Gasteiger partial charge on any atom is -0.393 e. The normalized spacial score (nSPS) is 13.8. The first-order valence-electron chi connectivity index (χ1n) is 5.58. The fourth-order valence-electron chi connectivity index (χ4n) is 1.41. The van der Waals surface area contributed by atoms with E-state index in [1.54, 1.807) is 6.92 Å². The van der Waals surface area contributed by atoms with E-state index in [1.807, 2.05) is 38.1 Å². The maximum absolute atomic E-state index is 11.8. The molecule has 0 bridgehead atoms. The van der Waals surface area contributed by atoms with E-state index in [2.05, 4.69) is 5.32 Å². The zero-order chi connectivity index (χ0) is 13.0. The van der Waals surface area contributed by atoms with Gasteiger partial charge < -0.3 is 11.1 Å². The Hall–Kier alpha value is -1.42. The van der Waals surface area contributed by atoms with Crippen LogP contribution in [0, 0.1) is 12.8 Å². The summed E-state index contributed by atoms with van der Waals surface area (Å²) in [5, 5.41) is 2.89. The molecular weight excluding hydrogens is 232 g/mol. The SMILES string of the molecule is Cc1ccc(C(C)NC(=O)C(C)C(N)=S)cc1. The van der Waals surface area contributed by atoms with Gasteiger partial charge in [-0.25, -0.2) is 0 Å². The summed E-state index contributed by atoms with van der Waals surface area (Å²) < 4.78 is 0. The van der Waals surface area contributed by atoms with Crippen molar-refractivity contribution >= 4 is 23.1 Å². The van der Waals surface area contributed by atoms with Crippen molar-refractivity contribution in [2.45, 2.75) is 26.8 Å². The third-order valence-electron chi connectivity index (χ3n) is 2.76. The van der Waals surface area contributed by atoms with Crippen LogP contribution < -0.4 is 11.1 Å². The van der Waals surface area contributed by atoms with Gasteiger partial charge >= 0.3 is 0 Å². The number of carbonyl (C=O) groups excluding carboxylic acids is 1. The van der Waals surface area contributed by atoms with E-state index in [0.29, 0.717) is 0 Å². The molecule has 0 aliphatic carbocycles. The number of nitrogens with one attached hydrogen (secondary N) is 1. The lowest BCUT2D eigenvalue weighted by atomic mass is 10.1. The maximum atomic E-state index is 11.8. The summed E-state index contributed by atoms with van der Waals surface area (Å²) >= 11 is 4.80. The van der Waals surface area contributed by atoms with Crippen molar-refractivity contribution in [3.63, 3.8) is 0 Å². The van der Waals surface area contributed by atoms with Crippen molar-refractivity contribution in [1.82, 2.24) is 5.32 Å². The highest BCUT2D eigenvalue weighted by Gasteiger charge is 2.17. The van der Waals surface area contributed by atoms with Gasteiger partial charge in [-0.05, 0) is 26.3 Å². The van der Waals surface area contributed by atoms with Gasteiger partial charge in [0.15, 0.2) is 0 Å². The Labute approximate surface area is 107 Å². The molecule has 0 aromatic heterocycles. The van der Waals surface area contributed by atoms with Crippen molar-refractivity contribution in [1.29, 1.82) is 0 Å². The molecule has 0 aliphatic rings. The van der Waals surface area contributed by atoms with Crippen LogP contribution in [-0.4, -0.2) is 10.9 Å². The summed E-state index contributed by atoms with van der Waals surface area (Å²) in [5.41, 5.74) is 7.71. The molecule has 1 aromatic rings. The maximum Gasteiger partial charge on any atom is 0.230 e. The van der Waals surface area contributed by atoms with Crippen LogP contribution in [0.3, 0.4) is 0 Å². The summed E-state index contributed by atoms with van der Waals surface area (Å²) in [6, 6.07) is 8.02. The molecule has 1 aromatic carbocycles. The van der Waals surface area contributed by atoms with Gasteiger partial charge in [0.2, 0.25) is 5.91 Å². The van der Waals surface area contributed by atoms with Crippen LogP contribution in [0.5, 0.6) is 0 Å². The molecule has 0 fully saturated rings. The van der Waals surface area contributed by atoms with Crippen LogP contribution in [0.25, 0.3) is 0 Å². The molecule has 0 saturated carbocycles. The number of aryl methyl sites for hydroxylation is 1. The zero-order valence-corrected chi connectivity index (χ0v) is 11.2. The van der Waals surface area contributed by atoms with Crippen LogP contribution in [0.1, 0.15) is 31.0 Å². The van der Waals surface area contributed by atoms with Crippen LogP contribution >= 0.6 is 12.2 Å². The lowest BCUT2D eigenvalue weighted by Crippen LogP contribution is -2.37. The quantitative estimate of drug-likeness (QED) is 0.805. The van der Waals surface area contributed by atoms with Crippen molar-refractivity contribution < 1.29 is 4.79 Å². The average molecular weight is 250 g/mol. The van der Waals surface area contributed by atoms with Crippen molar-refractivity contribution in [2.24, 2.45) is 11.7 Å². The second-order valence-corrected chi connectivity index (χ2v) is 4.74. The highest BCUT2D eigenvalue weighted by molar-refractivity contribution is 7.80. The lowest BCUT2D eigenvalue weighted by Gasteiger charge is -2.17. The van der Waals surface area contributed by atoms with E-state index in [4.69, 9.17) is 18.0 Å². The summed E-state index contributed by atoms with van der Waals surface area (Å²) in [6.45, 7) is 5.68. The van der Waals surface area contributed by atoms with Gasteiger partial charge in [-0.15, -0.1) is 0 Å². The van der Waals surface area contributed by atoms with Gasteiger partial charge in [-0.1, -0.05) is 42.0 Å². The van der Waals surface area contributed by atoms with Gasteiger partial charge in [-0.3, -0.25) is 4.79 Å². The molecule has 92 valence electrons. The summed E-state index contributed by atoms with van der Waals surface area (Å²) in [7, 11) is 0. The Morgan fingerprint density at radius 3 is 2.29 bits per heavy atom. The van der Waals surface area contributed by atoms with Crippen LogP contribution in [-0.2, 0) is 4.79 Å². The van der Waals surface area contributed by atoms with E-state index >= 15 is 0 Å². The molecule has 0 heterocycles. The minimum atomic E-state index is -0.433. The predicted octanol–water partition coefficient (Wildman–Crippen LogP) is 2.09. The summed E-state index contributed by atoms with van der Waals surface area (Å²) in [5.74, 6) is -0.566. The number of rotatable bonds is 4. The average Bonchev–Trinajstić information content (AvgIpc) is 2.28. The van der Waals surface area contributed by atoms with E-state index in [1.165, 1.54) is 5.56 Å². The molecule has 4 heteroatoms. The molecule has 17 heavy (non-hydrogen) atoms. The molecule has 3 N–H and O–H groups in total. The second-order valence-electron chi connectivity index (χ2n) is 4.27. The molecular formula is C13H18N2OS. The van der Waals surface area contributed by atoms with Gasteiger partial charge in [0.05, 0.1) is 16.9 Å². The molecule has 2 unspecified atom stereocenters. The number of hydrogen-bond donors (Lipinski definition) is 2. The predicted molar refractivity (Wildman–Crippen MR) is 73.7 cm³/mol. The number of hydrogen-bond acceptors (Lipinski definition) is 2. The first-order valence-corrected chi connectivity index (χ1v) is 5.99. The first-order chi connectivity index (χ1) is 7.91. The Morgan fingerprint density at radius 2 is 1.82 bits per heavy atom. The molecule has 0 radical (unpaired) electrons. The molecule has 1 rings (SSSR count). The third-order valence-corrected chi connectivity index (χ3v) is 3.11. The number of nitrogens with two attached hydrogens (primary N) is 1. The third kappa shape index (κ3) is 3.82. The van der Waals surface area contributed by atoms with E-state index in [9.17, 15) is 4.79 Å². The fraction of sp³-hybridized carbons (Fsp3) is 0.385. The molecule has 0 saturated heterocycles. The zero-order valence-electron chi connectivity index (χ0n) is 10.4. The lowest BCUT2D eigenvalue weighted by molar-refractivity contribution is -0.123. The van der Waals surface area contributed by atoms with E-state index in [-0.39, 0.29) is 16.9 Å². The smallest absolute Gasteiger partial charge is 0.230 e. The van der Waals surface area contributed by atoms with E-state index < -0.39 is 5.92 Å². The highest BCUT2D eigenvalue weighted by atomic mass is 32.1. The number of amides is 1. The Bertz CT molecular complexity index is 414. The van der Waals surface area contributed by atoms with Crippen molar-refractivity contribution in [3.05, 3.63) is 35.4 Å². The first kappa shape index (κ1) is 13.6. The number of thiocarbonyl (C=S) groups is 1. The van der Waals surface area contributed by atoms with Crippen LogP contribution in [0.2, 0.25) is 0 Å². The molecule has 1 amide bonds. The molecule has 0 aliphatic heterocycles. The topological polar surface area (TPSA) is 55.1 Å². The number of benzene rings is 1. The standard InChI is InChI=1S/C13H18N2OS/c1-8-4-6-11(7-5-8)10(3)15-13(16)9(2)12(14)17/h4-7,9-10H,1-3H3,(H2,14,17)(H,15,16). The largest absolute Gasteiger partial charge is 0.393 e. The van der Waals surface area contributed by atoms with Gasteiger partial charge in [0.25, 0.3) is 0 Å². The van der Waals surface area contributed by atoms with Crippen molar-refractivity contribution in [3.8, 4) is 0 Å².